The van der Waals surface area contributed by atoms with Crippen molar-refractivity contribution in [2.24, 2.45) is 5.92 Å². The number of hydrogen-bond donors (Lipinski definition) is 2. The molecule has 2 aromatic rings. The largest absolute Gasteiger partial charge is 0.497 e. The van der Waals surface area contributed by atoms with Crippen LogP contribution in [0.1, 0.15) is 76.6 Å². The van der Waals surface area contributed by atoms with E-state index in [9.17, 15) is 19.2 Å². The topological polar surface area (TPSA) is 118 Å². The fourth-order valence-electron chi connectivity index (χ4n) is 4.56. The molecule has 0 atom stereocenters. The van der Waals surface area contributed by atoms with Gasteiger partial charge in [0, 0.05) is 43.2 Å². The van der Waals surface area contributed by atoms with Gasteiger partial charge in [-0.05, 0) is 56.0 Å². The number of esters is 1. The van der Waals surface area contributed by atoms with Gasteiger partial charge >= 0.3 is 5.97 Å². The monoisotopic (exact) mass is 543 g/mol. The Morgan fingerprint density at radius 3 is 2.46 bits per heavy atom. The Bertz CT molecular complexity index is 1100. The Kier molecular flexibility index (Phi) is 15.3. The molecule has 1 saturated carbocycles. The smallest absolute Gasteiger partial charge is 0.325 e. The van der Waals surface area contributed by atoms with Gasteiger partial charge in [-0.1, -0.05) is 33.6 Å². The van der Waals surface area contributed by atoms with Crippen molar-refractivity contribution in [3.05, 3.63) is 41.7 Å². The zero-order valence-electron chi connectivity index (χ0n) is 23.0. The third kappa shape index (κ3) is 10.2. The normalized spacial score (nSPS) is 13.4. The summed E-state index contributed by atoms with van der Waals surface area (Å²) in [5, 5.41) is 3.53. The predicted molar refractivity (Wildman–Crippen MR) is 154 cm³/mol. The molecule has 0 aliphatic heterocycles. The number of ketones is 1. The number of methoxy groups -OCH3 is 1. The molecule has 1 aliphatic rings. The van der Waals surface area contributed by atoms with Gasteiger partial charge in [0.1, 0.15) is 18.6 Å². The van der Waals surface area contributed by atoms with Crippen molar-refractivity contribution >= 4 is 34.8 Å². The second kappa shape index (κ2) is 17.8. The molecule has 2 N–H and O–H groups in total. The average molecular weight is 544 g/mol. The standard InChI is InChI=1S/C22H28N2O5.C7H13NO.CH4/c1-3-29-20(25)14-24(13-15-7-5-4-6-8-15)22(27)21(26)18-12-23-19-11-16(28-2)9-10-17(18)19;1-3-7(4-5-9)6-8-2;/h9-12,15,23H,3-8,13-14H2,1-2H3;5-6,8H,3-4H2,1-2H3;1H4/b;7-6+;. The Balaban J connectivity index is 0.000000656. The van der Waals surface area contributed by atoms with Gasteiger partial charge in [0.25, 0.3) is 11.7 Å². The lowest BCUT2D eigenvalue weighted by molar-refractivity contribution is -0.148. The molecule has 1 amide bonds. The third-order valence-corrected chi connectivity index (χ3v) is 6.59. The van der Waals surface area contributed by atoms with E-state index in [0.717, 1.165) is 44.0 Å². The van der Waals surface area contributed by atoms with Crippen molar-refractivity contribution < 1.29 is 28.7 Å². The van der Waals surface area contributed by atoms with Crippen molar-refractivity contribution in [2.45, 2.75) is 66.2 Å². The first-order valence-corrected chi connectivity index (χ1v) is 13.3. The molecular weight excluding hydrogens is 498 g/mol. The van der Waals surface area contributed by atoms with Crippen LogP contribution >= 0.6 is 0 Å². The van der Waals surface area contributed by atoms with Crippen molar-refractivity contribution in [3.8, 4) is 5.75 Å². The van der Waals surface area contributed by atoms with E-state index in [1.54, 1.807) is 32.2 Å². The quantitative estimate of drug-likeness (QED) is 0.166. The number of aromatic nitrogens is 1. The fraction of sp³-hybridized carbons (Fsp3) is 0.533. The van der Waals surface area contributed by atoms with E-state index >= 15 is 0 Å². The summed E-state index contributed by atoms with van der Waals surface area (Å²) < 4.78 is 10.2. The number of benzene rings is 1. The highest BCUT2D eigenvalue weighted by molar-refractivity contribution is 6.45. The summed E-state index contributed by atoms with van der Waals surface area (Å²) in [5.74, 6) is -0.817. The van der Waals surface area contributed by atoms with Gasteiger partial charge in [-0.25, -0.2) is 0 Å². The molecule has 0 unspecified atom stereocenters. The van der Waals surface area contributed by atoms with Gasteiger partial charge in [-0.15, -0.1) is 0 Å². The maximum Gasteiger partial charge on any atom is 0.325 e. The molecule has 0 spiro atoms. The number of allylic oxidation sites excluding steroid dienone is 1. The number of H-pyrrole nitrogens is 1. The number of nitrogens with zero attached hydrogens (tertiary/aromatic N) is 1. The van der Waals surface area contributed by atoms with Crippen LogP contribution in [0, 0.1) is 5.92 Å². The van der Waals surface area contributed by atoms with E-state index in [1.807, 2.05) is 20.2 Å². The van der Waals surface area contributed by atoms with E-state index in [1.165, 1.54) is 17.5 Å². The Morgan fingerprint density at radius 1 is 1.15 bits per heavy atom. The molecule has 1 aliphatic carbocycles. The Hall–Kier alpha value is -3.62. The number of hydrogen-bond acceptors (Lipinski definition) is 7. The maximum atomic E-state index is 13.1. The summed E-state index contributed by atoms with van der Waals surface area (Å²) in [5.41, 5.74) is 2.15. The number of fused-ring (bicyclic) bond motifs is 1. The summed E-state index contributed by atoms with van der Waals surface area (Å²) >= 11 is 0. The first kappa shape index (κ1) is 33.4. The highest BCUT2D eigenvalue weighted by atomic mass is 16.5. The van der Waals surface area contributed by atoms with Crippen molar-refractivity contribution in [3.63, 3.8) is 0 Å². The summed E-state index contributed by atoms with van der Waals surface area (Å²) in [6, 6.07) is 5.27. The molecule has 1 aromatic carbocycles. The van der Waals surface area contributed by atoms with E-state index in [-0.39, 0.29) is 20.6 Å². The zero-order chi connectivity index (χ0) is 27.9. The zero-order valence-corrected chi connectivity index (χ0v) is 23.0. The maximum absolute atomic E-state index is 13.1. The van der Waals surface area contributed by atoms with Crippen LogP contribution < -0.4 is 10.1 Å². The lowest BCUT2D eigenvalue weighted by Crippen LogP contribution is -2.43. The molecule has 216 valence electrons. The van der Waals surface area contributed by atoms with Gasteiger partial charge < -0.3 is 29.5 Å². The molecule has 0 bridgehead atoms. The number of rotatable bonds is 12. The molecule has 0 saturated heterocycles. The lowest BCUT2D eigenvalue weighted by Gasteiger charge is -2.28. The van der Waals surface area contributed by atoms with Crippen LogP contribution in [0.25, 0.3) is 10.9 Å². The van der Waals surface area contributed by atoms with Crippen molar-refractivity contribution in [2.75, 3.05) is 33.9 Å². The predicted octanol–water partition coefficient (Wildman–Crippen LogP) is 5.06. The van der Waals surface area contributed by atoms with Crippen LogP contribution in [-0.2, 0) is 19.1 Å². The summed E-state index contributed by atoms with van der Waals surface area (Å²) in [4.78, 5) is 52.5. The van der Waals surface area contributed by atoms with E-state index < -0.39 is 17.7 Å². The Morgan fingerprint density at radius 2 is 1.87 bits per heavy atom. The fourth-order valence-corrected chi connectivity index (χ4v) is 4.56. The highest BCUT2D eigenvalue weighted by Crippen LogP contribution is 2.26. The highest BCUT2D eigenvalue weighted by Gasteiger charge is 2.29. The van der Waals surface area contributed by atoms with Crippen LogP contribution in [0.4, 0.5) is 0 Å². The number of aromatic amines is 1. The molecule has 1 fully saturated rings. The van der Waals surface area contributed by atoms with Crippen molar-refractivity contribution in [1.82, 2.24) is 15.2 Å². The van der Waals surface area contributed by atoms with Gasteiger partial charge in [-0.2, -0.15) is 0 Å². The molecular formula is C30H45N3O6. The molecule has 3 rings (SSSR count). The minimum atomic E-state index is -0.666. The van der Waals surface area contributed by atoms with Crippen LogP contribution in [-0.4, -0.2) is 67.7 Å². The lowest BCUT2D eigenvalue weighted by atomic mass is 9.89. The number of Topliss-reactive ketones (excluding diaryl/α,β-unsaturated/α-hetero) is 1. The minimum Gasteiger partial charge on any atom is -0.497 e. The van der Waals surface area contributed by atoms with E-state index in [0.29, 0.717) is 41.1 Å². The number of amides is 1. The van der Waals surface area contributed by atoms with Gasteiger partial charge in [-0.3, -0.25) is 14.4 Å². The first-order chi connectivity index (χ1) is 18.4. The molecule has 0 radical (unpaired) electrons. The van der Waals surface area contributed by atoms with Crippen LogP contribution in [0.2, 0.25) is 0 Å². The second-order valence-corrected chi connectivity index (χ2v) is 9.25. The minimum absolute atomic E-state index is 0. The average Bonchev–Trinajstić information content (AvgIpc) is 3.36. The first-order valence-electron chi connectivity index (χ1n) is 13.3. The molecule has 1 aromatic heterocycles. The van der Waals surface area contributed by atoms with Crippen LogP contribution in [0.15, 0.2) is 36.2 Å². The van der Waals surface area contributed by atoms with Crippen LogP contribution in [0.3, 0.4) is 0 Å². The molecule has 9 heteroatoms. The summed E-state index contributed by atoms with van der Waals surface area (Å²) in [6.45, 7) is 4.19. The molecule has 39 heavy (non-hydrogen) atoms. The molecule has 9 nitrogen and oxygen atoms in total. The number of carbonyl (C=O) groups excluding carboxylic acids is 4. The van der Waals surface area contributed by atoms with E-state index in [4.69, 9.17) is 9.47 Å². The van der Waals surface area contributed by atoms with Crippen molar-refractivity contribution in [1.29, 1.82) is 0 Å². The number of nitrogens with one attached hydrogen (secondary N) is 2. The Labute approximate surface area is 232 Å². The third-order valence-electron chi connectivity index (χ3n) is 6.59. The number of ether oxygens (including phenoxy) is 2. The second-order valence-electron chi connectivity index (χ2n) is 9.25. The summed E-state index contributed by atoms with van der Waals surface area (Å²) in [7, 11) is 3.40. The number of aldehydes is 1. The molecule has 1 heterocycles. The summed E-state index contributed by atoms with van der Waals surface area (Å²) in [6.07, 6.45) is 11.3. The van der Waals surface area contributed by atoms with E-state index in [2.05, 4.69) is 10.3 Å². The SMILES string of the molecule is C.CC/C(=C\NC)CC=O.CCOC(=O)CN(CC1CCCCC1)C(=O)C(=O)c1c[nH]c2cc(OC)ccc12. The van der Waals surface area contributed by atoms with Gasteiger partial charge in [0.2, 0.25) is 0 Å². The van der Waals surface area contributed by atoms with Gasteiger partial charge in [0.15, 0.2) is 0 Å². The number of carbonyl (C=O) groups is 4. The van der Waals surface area contributed by atoms with Crippen LogP contribution in [0.5, 0.6) is 5.75 Å². The van der Waals surface area contributed by atoms with Gasteiger partial charge in [0.05, 0.1) is 19.3 Å².